The summed E-state index contributed by atoms with van der Waals surface area (Å²) in [6, 6.07) is 17.1. The van der Waals surface area contributed by atoms with Crippen molar-refractivity contribution in [3.8, 4) is 0 Å². The van der Waals surface area contributed by atoms with Gasteiger partial charge in [0.05, 0.1) is 0 Å². The molecule has 128 valence electrons. The lowest BCUT2D eigenvalue weighted by Crippen LogP contribution is -2.36. The van der Waals surface area contributed by atoms with Crippen molar-refractivity contribution >= 4 is 5.96 Å². The fraction of sp³-hybridized carbons (Fsp3) is 0.350. The third-order valence-electron chi connectivity index (χ3n) is 3.72. The third-order valence-corrected chi connectivity index (χ3v) is 3.72. The minimum Gasteiger partial charge on any atom is -0.352 e. The summed E-state index contributed by atoms with van der Waals surface area (Å²) >= 11 is 0. The van der Waals surface area contributed by atoms with Crippen LogP contribution in [0, 0.1) is 6.92 Å². The molecule has 0 aromatic heterocycles. The number of aliphatic imine (C=N–C) groups is 1. The van der Waals surface area contributed by atoms with Gasteiger partial charge in [-0.15, -0.1) is 0 Å². The predicted octanol–water partition coefficient (Wildman–Crippen LogP) is 2.92. The van der Waals surface area contributed by atoms with Gasteiger partial charge in [-0.25, -0.2) is 0 Å². The van der Waals surface area contributed by atoms with Crippen molar-refractivity contribution in [2.45, 2.75) is 26.6 Å². The van der Waals surface area contributed by atoms with E-state index in [1.54, 1.807) is 7.05 Å². The maximum Gasteiger partial charge on any atom is 0.191 e. The molecule has 0 saturated heterocycles. The number of nitrogens with zero attached hydrogens (tertiary/aromatic N) is 2. The number of guanidine groups is 1. The molecule has 0 heterocycles. The molecule has 4 nitrogen and oxygen atoms in total. The first-order valence-electron chi connectivity index (χ1n) is 8.29. The second kappa shape index (κ2) is 9.08. The molecule has 0 atom stereocenters. The van der Waals surface area contributed by atoms with Crippen LogP contribution in [0.15, 0.2) is 53.5 Å². The van der Waals surface area contributed by atoms with Crippen molar-refractivity contribution in [2.24, 2.45) is 4.99 Å². The minimum atomic E-state index is 0.759. The molecule has 0 aliphatic carbocycles. The zero-order chi connectivity index (χ0) is 17.4. The Balaban J connectivity index is 1.87. The molecule has 0 amide bonds. The van der Waals surface area contributed by atoms with Crippen molar-refractivity contribution in [1.82, 2.24) is 15.5 Å². The lowest BCUT2D eigenvalue weighted by Gasteiger charge is -2.14. The highest BCUT2D eigenvalue weighted by molar-refractivity contribution is 5.79. The van der Waals surface area contributed by atoms with Gasteiger partial charge >= 0.3 is 0 Å². The fourth-order valence-electron chi connectivity index (χ4n) is 2.62. The van der Waals surface area contributed by atoms with E-state index < -0.39 is 0 Å². The van der Waals surface area contributed by atoms with Crippen molar-refractivity contribution in [3.05, 3.63) is 70.8 Å². The molecule has 0 saturated carbocycles. The Bertz CT molecular complexity index is 677. The van der Waals surface area contributed by atoms with Crippen LogP contribution >= 0.6 is 0 Å². The number of aryl methyl sites for hydroxylation is 1. The quantitative estimate of drug-likeness (QED) is 0.634. The van der Waals surface area contributed by atoms with Gasteiger partial charge in [-0.1, -0.05) is 54.1 Å². The SMILES string of the molecule is CN=C(NCc1cccc(C)c1)NCc1cccc(CN(C)C)c1. The summed E-state index contributed by atoms with van der Waals surface area (Å²) in [6.07, 6.45) is 0. The van der Waals surface area contributed by atoms with Gasteiger partial charge in [0, 0.05) is 26.7 Å². The predicted molar refractivity (Wildman–Crippen MR) is 102 cm³/mol. The Hall–Kier alpha value is -2.33. The van der Waals surface area contributed by atoms with Gasteiger partial charge in [-0.05, 0) is 37.7 Å². The highest BCUT2D eigenvalue weighted by Crippen LogP contribution is 2.07. The van der Waals surface area contributed by atoms with Crippen LogP contribution in [-0.2, 0) is 19.6 Å². The second-order valence-electron chi connectivity index (χ2n) is 6.33. The molecule has 0 fully saturated rings. The smallest absolute Gasteiger partial charge is 0.191 e. The number of rotatable bonds is 6. The van der Waals surface area contributed by atoms with E-state index in [0.717, 1.165) is 25.6 Å². The number of nitrogens with one attached hydrogen (secondary N) is 2. The van der Waals surface area contributed by atoms with Crippen molar-refractivity contribution in [2.75, 3.05) is 21.1 Å². The monoisotopic (exact) mass is 324 g/mol. The Kier molecular flexibility index (Phi) is 6.82. The zero-order valence-corrected chi connectivity index (χ0v) is 15.1. The summed E-state index contributed by atoms with van der Waals surface area (Å²) in [5, 5.41) is 6.74. The van der Waals surface area contributed by atoms with E-state index in [1.807, 2.05) is 0 Å². The van der Waals surface area contributed by atoms with Crippen LogP contribution in [0.3, 0.4) is 0 Å². The molecule has 0 aliphatic heterocycles. The summed E-state index contributed by atoms with van der Waals surface area (Å²) in [6.45, 7) is 4.59. The van der Waals surface area contributed by atoms with Crippen LogP contribution < -0.4 is 10.6 Å². The van der Waals surface area contributed by atoms with Crippen molar-refractivity contribution in [1.29, 1.82) is 0 Å². The van der Waals surface area contributed by atoms with Crippen LogP contribution in [0.4, 0.5) is 0 Å². The van der Waals surface area contributed by atoms with Gasteiger partial charge in [0.25, 0.3) is 0 Å². The standard InChI is InChI=1S/C20H28N4/c1-16-7-5-8-17(11-16)13-22-20(21-2)23-14-18-9-6-10-19(12-18)15-24(3)4/h5-12H,13-15H2,1-4H3,(H2,21,22,23). The molecular weight excluding hydrogens is 296 g/mol. The van der Waals surface area contributed by atoms with Crippen molar-refractivity contribution in [3.63, 3.8) is 0 Å². The van der Waals surface area contributed by atoms with Crippen molar-refractivity contribution < 1.29 is 0 Å². The first kappa shape index (κ1) is 18.0. The Morgan fingerprint density at radius 2 is 1.50 bits per heavy atom. The van der Waals surface area contributed by atoms with Crippen LogP contribution in [0.1, 0.15) is 22.3 Å². The van der Waals surface area contributed by atoms with E-state index in [2.05, 4.69) is 90.1 Å². The summed E-state index contributed by atoms with van der Waals surface area (Å²) in [7, 11) is 5.97. The van der Waals surface area contributed by atoms with Gasteiger partial charge in [0.1, 0.15) is 0 Å². The Morgan fingerprint density at radius 3 is 2.08 bits per heavy atom. The van der Waals surface area contributed by atoms with E-state index in [1.165, 1.54) is 22.3 Å². The van der Waals surface area contributed by atoms with E-state index in [4.69, 9.17) is 0 Å². The lowest BCUT2D eigenvalue weighted by molar-refractivity contribution is 0.402. The summed E-state index contributed by atoms with van der Waals surface area (Å²) in [5.74, 6) is 0.814. The number of benzene rings is 2. The van der Waals surface area contributed by atoms with E-state index >= 15 is 0 Å². The second-order valence-corrected chi connectivity index (χ2v) is 6.33. The van der Waals surface area contributed by atoms with E-state index in [0.29, 0.717) is 0 Å². The minimum absolute atomic E-state index is 0.759. The average Bonchev–Trinajstić information content (AvgIpc) is 2.55. The molecule has 24 heavy (non-hydrogen) atoms. The maximum atomic E-state index is 4.30. The zero-order valence-electron chi connectivity index (χ0n) is 15.1. The average molecular weight is 324 g/mol. The first-order chi connectivity index (χ1) is 11.6. The van der Waals surface area contributed by atoms with E-state index in [9.17, 15) is 0 Å². The number of hydrogen-bond acceptors (Lipinski definition) is 2. The number of hydrogen-bond donors (Lipinski definition) is 2. The Morgan fingerprint density at radius 1 is 0.917 bits per heavy atom. The summed E-state index contributed by atoms with van der Waals surface area (Å²) < 4.78 is 0. The molecular formula is C20H28N4. The first-order valence-corrected chi connectivity index (χ1v) is 8.29. The molecule has 2 aromatic carbocycles. The molecule has 0 bridgehead atoms. The largest absolute Gasteiger partial charge is 0.352 e. The normalized spacial score (nSPS) is 11.6. The van der Waals surface area contributed by atoms with E-state index in [-0.39, 0.29) is 0 Å². The van der Waals surface area contributed by atoms with Gasteiger partial charge in [0.15, 0.2) is 5.96 Å². The molecule has 2 N–H and O–H groups in total. The third kappa shape index (κ3) is 6.05. The lowest BCUT2D eigenvalue weighted by atomic mass is 10.1. The molecule has 0 aliphatic rings. The van der Waals surface area contributed by atoms with Gasteiger partial charge in [-0.3, -0.25) is 4.99 Å². The highest BCUT2D eigenvalue weighted by atomic mass is 15.2. The molecule has 4 heteroatoms. The van der Waals surface area contributed by atoms with Crippen LogP contribution in [0.5, 0.6) is 0 Å². The van der Waals surface area contributed by atoms with Crippen LogP contribution in [0.25, 0.3) is 0 Å². The fourth-order valence-corrected chi connectivity index (χ4v) is 2.62. The molecule has 2 rings (SSSR count). The van der Waals surface area contributed by atoms with Crippen LogP contribution in [0.2, 0.25) is 0 Å². The Labute approximate surface area is 145 Å². The van der Waals surface area contributed by atoms with Gasteiger partial charge < -0.3 is 15.5 Å². The van der Waals surface area contributed by atoms with Gasteiger partial charge in [-0.2, -0.15) is 0 Å². The van der Waals surface area contributed by atoms with Crippen LogP contribution in [-0.4, -0.2) is 32.0 Å². The molecule has 0 spiro atoms. The summed E-state index contributed by atoms with van der Waals surface area (Å²) in [4.78, 5) is 6.47. The molecule has 0 radical (unpaired) electrons. The maximum absolute atomic E-state index is 4.30. The van der Waals surface area contributed by atoms with Gasteiger partial charge in [0.2, 0.25) is 0 Å². The highest BCUT2D eigenvalue weighted by Gasteiger charge is 2.01. The topological polar surface area (TPSA) is 39.7 Å². The summed E-state index contributed by atoms with van der Waals surface area (Å²) in [5.41, 5.74) is 5.11. The molecule has 0 unspecified atom stereocenters. The molecule has 2 aromatic rings.